The highest BCUT2D eigenvalue weighted by atomic mass is 14.9. The quantitative estimate of drug-likeness (QED) is 0.165. The molecular formula is C51H37N5. The monoisotopic (exact) mass is 719 g/mol. The number of nitrogens with zero attached hydrogens (tertiary/aromatic N) is 2. The van der Waals surface area contributed by atoms with Gasteiger partial charge in [0.1, 0.15) is 0 Å². The van der Waals surface area contributed by atoms with Gasteiger partial charge in [-0.25, -0.2) is 9.97 Å². The van der Waals surface area contributed by atoms with Crippen molar-refractivity contribution in [1.29, 1.82) is 0 Å². The minimum Gasteiger partial charge on any atom is -0.381 e. The zero-order chi connectivity index (χ0) is 37.0. The number of pyridine rings is 2. The molecule has 2 aromatic heterocycles. The van der Waals surface area contributed by atoms with Gasteiger partial charge in [-0.05, 0) is 63.7 Å². The van der Waals surface area contributed by atoms with E-state index < -0.39 is 0 Å². The summed E-state index contributed by atoms with van der Waals surface area (Å²) < 4.78 is 0. The number of dihydropyridines is 1. The summed E-state index contributed by atoms with van der Waals surface area (Å²) in [6, 6.07) is 47.5. The fourth-order valence-electron chi connectivity index (χ4n) is 8.34. The minimum absolute atomic E-state index is 0.0654. The molecule has 0 amide bonds. The Morgan fingerprint density at radius 2 is 1.38 bits per heavy atom. The van der Waals surface area contributed by atoms with E-state index in [2.05, 4.69) is 198 Å². The number of anilines is 2. The Morgan fingerprint density at radius 1 is 0.589 bits per heavy atom. The summed E-state index contributed by atoms with van der Waals surface area (Å²) in [5.74, 6) is 0. The van der Waals surface area contributed by atoms with Crippen molar-refractivity contribution in [2.45, 2.75) is 12.1 Å². The number of aromatic nitrogens is 2. The molecule has 3 aliphatic heterocycles. The molecular weight excluding hydrogens is 683 g/mol. The molecule has 2 atom stereocenters. The first-order chi connectivity index (χ1) is 27.7. The summed E-state index contributed by atoms with van der Waals surface area (Å²) in [5, 5.41) is 13.3. The van der Waals surface area contributed by atoms with Crippen LogP contribution in [-0.2, 0) is 0 Å². The Labute approximate surface area is 325 Å². The number of rotatable bonds is 5. The number of nitrogens with one attached hydrogen (secondary N) is 3. The van der Waals surface area contributed by atoms with E-state index in [1.165, 1.54) is 33.4 Å². The topological polar surface area (TPSA) is 61.9 Å². The summed E-state index contributed by atoms with van der Waals surface area (Å²) in [6.07, 6.45) is 17.8. The van der Waals surface area contributed by atoms with Crippen molar-refractivity contribution in [1.82, 2.24) is 15.3 Å². The first-order valence-electron chi connectivity index (χ1n) is 19.3. The van der Waals surface area contributed by atoms with Crippen LogP contribution in [0, 0.1) is 0 Å². The van der Waals surface area contributed by atoms with Gasteiger partial charge in [0, 0.05) is 45.4 Å². The Morgan fingerprint density at radius 3 is 2.30 bits per heavy atom. The molecule has 2 unspecified atom stereocenters. The predicted molar refractivity (Wildman–Crippen MR) is 233 cm³/mol. The number of hydrogen-bond acceptors (Lipinski definition) is 5. The molecule has 3 N–H and O–H groups in total. The normalized spacial score (nSPS) is 17.9. The Bertz CT molecular complexity index is 2910. The van der Waals surface area contributed by atoms with Gasteiger partial charge in [0.25, 0.3) is 0 Å². The van der Waals surface area contributed by atoms with Crippen LogP contribution >= 0.6 is 0 Å². The van der Waals surface area contributed by atoms with Gasteiger partial charge in [-0.3, -0.25) is 0 Å². The van der Waals surface area contributed by atoms with Crippen molar-refractivity contribution in [2.75, 3.05) is 17.2 Å². The number of para-hydroxylation sites is 1. The van der Waals surface area contributed by atoms with Gasteiger partial charge in [-0.2, -0.15) is 0 Å². The molecule has 5 nitrogen and oxygen atoms in total. The zero-order valence-corrected chi connectivity index (χ0v) is 30.6. The van der Waals surface area contributed by atoms with Crippen LogP contribution in [0.1, 0.15) is 39.6 Å². The molecule has 0 bridgehead atoms. The Balaban J connectivity index is 0.837. The van der Waals surface area contributed by atoms with Crippen LogP contribution in [-0.4, -0.2) is 22.6 Å². The fourth-order valence-corrected chi connectivity index (χ4v) is 8.34. The third kappa shape index (κ3) is 5.73. The second-order valence-electron chi connectivity index (χ2n) is 14.7. The van der Waals surface area contributed by atoms with E-state index in [0.717, 1.165) is 73.5 Å². The van der Waals surface area contributed by atoms with Crippen molar-refractivity contribution in [2.24, 2.45) is 0 Å². The van der Waals surface area contributed by atoms with Crippen LogP contribution in [0.4, 0.5) is 11.4 Å². The molecule has 0 fully saturated rings. The maximum Gasteiger partial charge on any atom is 0.0947 e. The summed E-state index contributed by atoms with van der Waals surface area (Å²) in [5.41, 5.74) is 17.8. The molecule has 0 radical (unpaired) electrons. The highest BCUT2D eigenvalue weighted by Crippen LogP contribution is 2.37. The van der Waals surface area contributed by atoms with E-state index >= 15 is 0 Å². The lowest BCUT2D eigenvalue weighted by atomic mass is 9.90. The maximum absolute atomic E-state index is 5.22. The Kier molecular flexibility index (Phi) is 7.62. The molecule has 0 saturated heterocycles. The molecule has 266 valence electrons. The number of allylic oxidation sites excluding steroid dienone is 4. The smallest absolute Gasteiger partial charge is 0.0947 e. The highest BCUT2D eigenvalue weighted by Gasteiger charge is 2.22. The van der Waals surface area contributed by atoms with Crippen molar-refractivity contribution in [3.63, 3.8) is 0 Å². The van der Waals surface area contributed by atoms with Gasteiger partial charge in [0.2, 0.25) is 0 Å². The molecule has 1 aliphatic carbocycles. The van der Waals surface area contributed by atoms with Crippen LogP contribution in [0.3, 0.4) is 0 Å². The second kappa shape index (κ2) is 13.3. The predicted octanol–water partition coefficient (Wildman–Crippen LogP) is 11.4. The van der Waals surface area contributed by atoms with E-state index in [1.807, 2.05) is 0 Å². The van der Waals surface area contributed by atoms with Gasteiger partial charge in [0.05, 0.1) is 40.2 Å². The number of fused-ring (bicyclic) bond motifs is 6. The van der Waals surface area contributed by atoms with Gasteiger partial charge in [0.15, 0.2) is 0 Å². The zero-order valence-electron chi connectivity index (χ0n) is 30.6. The summed E-state index contributed by atoms with van der Waals surface area (Å²) in [4.78, 5) is 10.4. The number of hydrogen-bond donors (Lipinski definition) is 3. The van der Waals surface area contributed by atoms with E-state index in [1.54, 1.807) is 0 Å². The third-order valence-corrected chi connectivity index (χ3v) is 11.3. The molecule has 0 spiro atoms. The van der Waals surface area contributed by atoms with Crippen LogP contribution in [0.2, 0.25) is 0 Å². The second-order valence-corrected chi connectivity index (χ2v) is 14.7. The van der Waals surface area contributed by atoms with Gasteiger partial charge in [-0.1, -0.05) is 152 Å². The molecule has 11 rings (SSSR count). The van der Waals surface area contributed by atoms with Crippen molar-refractivity contribution in [3.05, 3.63) is 215 Å². The van der Waals surface area contributed by atoms with Crippen molar-refractivity contribution < 1.29 is 0 Å². The summed E-state index contributed by atoms with van der Waals surface area (Å²) in [7, 11) is 0. The van der Waals surface area contributed by atoms with Gasteiger partial charge in [-0.15, -0.1) is 0 Å². The SMILES string of the molecule is C1=CC2=CC=C(c3ccc4ccc(C5=CCNc6ccccc65)nc4c3)NC2C=C1c1ccc(-c2ccc3ccc4c(c3n2)NC(c2ccccc2)C=C4)cc1. The van der Waals surface area contributed by atoms with E-state index in [9.17, 15) is 0 Å². The van der Waals surface area contributed by atoms with Gasteiger partial charge < -0.3 is 16.0 Å². The molecule has 5 heterocycles. The molecule has 0 saturated carbocycles. The lowest BCUT2D eigenvalue weighted by Gasteiger charge is -2.27. The standard InChI is InChI=1S/C51H37N5/c1-2-6-33(7-3-1)43-25-22-37-16-17-38-23-26-44(56-51(38)50(37)55-43)34-12-10-32(11-13-34)39-18-14-35-20-24-45(53-48(35)30-39)40-19-15-36-21-27-47(54-49(36)31-40)42-28-29-52-46-9-5-4-8-41(42)46/h1-28,30-31,43,48,52-53,55H,29H2. The largest absolute Gasteiger partial charge is 0.381 e. The van der Waals surface area contributed by atoms with E-state index in [4.69, 9.17) is 9.97 Å². The molecule has 5 heteroatoms. The minimum atomic E-state index is 0.0654. The summed E-state index contributed by atoms with van der Waals surface area (Å²) in [6.45, 7) is 0.794. The van der Waals surface area contributed by atoms with Gasteiger partial charge >= 0.3 is 0 Å². The third-order valence-electron chi connectivity index (χ3n) is 11.3. The van der Waals surface area contributed by atoms with Crippen molar-refractivity contribution in [3.8, 4) is 11.3 Å². The van der Waals surface area contributed by atoms with Crippen LogP contribution in [0.5, 0.6) is 0 Å². The Hall–Kier alpha value is -7.24. The van der Waals surface area contributed by atoms with E-state index in [-0.39, 0.29) is 12.1 Å². The average Bonchev–Trinajstić information content (AvgIpc) is 3.28. The fraction of sp³-hybridized carbons (Fsp3) is 0.0588. The van der Waals surface area contributed by atoms with E-state index in [0.29, 0.717) is 0 Å². The maximum atomic E-state index is 5.22. The number of benzene rings is 5. The lowest BCUT2D eigenvalue weighted by Crippen LogP contribution is -2.30. The lowest BCUT2D eigenvalue weighted by molar-refractivity contribution is 0.815. The first kappa shape index (κ1) is 32.2. The average molecular weight is 720 g/mol. The van der Waals surface area contributed by atoms with Crippen molar-refractivity contribution >= 4 is 56.1 Å². The molecule has 4 aliphatic rings. The molecule has 56 heavy (non-hydrogen) atoms. The first-order valence-corrected chi connectivity index (χ1v) is 19.3. The molecule has 5 aromatic carbocycles. The van der Waals surface area contributed by atoms with Crippen LogP contribution < -0.4 is 16.0 Å². The highest BCUT2D eigenvalue weighted by molar-refractivity contribution is 5.98. The summed E-state index contributed by atoms with van der Waals surface area (Å²) >= 11 is 0. The van der Waals surface area contributed by atoms with Crippen LogP contribution in [0.15, 0.2) is 182 Å². The van der Waals surface area contributed by atoms with Crippen LogP contribution in [0.25, 0.3) is 56.0 Å². The molecule has 7 aromatic rings.